The summed E-state index contributed by atoms with van der Waals surface area (Å²) in [6, 6.07) is 4.10. The fraction of sp³-hybridized carbons (Fsp3) is 0.200. The van der Waals surface area contributed by atoms with Crippen molar-refractivity contribution in [2.75, 3.05) is 7.11 Å². The van der Waals surface area contributed by atoms with Gasteiger partial charge < -0.3 is 4.74 Å². The number of nitrogens with zero attached hydrogens (tertiary/aromatic N) is 2. The van der Waals surface area contributed by atoms with Crippen LogP contribution in [0.3, 0.4) is 0 Å². The number of benzene rings is 1. The summed E-state index contributed by atoms with van der Waals surface area (Å²) in [7, 11) is 1.13. The molecule has 0 saturated heterocycles. The second kappa shape index (κ2) is 5.27. The molecule has 0 aliphatic heterocycles. The van der Waals surface area contributed by atoms with Crippen molar-refractivity contribution in [3.8, 4) is 6.07 Å². The number of nitro groups is 1. The van der Waals surface area contributed by atoms with Gasteiger partial charge in [0.2, 0.25) is 0 Å². The minimum Gasteiger partial charge on any atom is -0.465 e. The van der Waals surface area contributed by atoms with Gasteiger partial charge in [0.25, 0.3) is 5.69 Å². The molecule has 0 aromatic heterocycles. The predicted octanol–water partition coefficient (Wildman–Crippen LogP) is 1.99. The molecule has 88 valence electrons. The van der Waals surface area contributed by atoms with Crippen LogP contribution in [0.4, 0.5) is 5.69 Å². The van der Waals surface area contributed by atoms with Crippen molar-refractivity contribution in [2.24, 2.45) is 0 Å². The van der Waals surface area contributed by atoms with Gasteiger partial charge in [-0.3, -0.25) is 10.1 Å². The number of carbonyl (C=O) groups is 1. The van der Waals surface area contributed by atoms with Crippen molar-refractivity contribution in [3.63, 3.8) is 0 Å². The molecule has 0 unspecified atom stereocenters. The Hall–Kier alpha value is -2.13. The molecular formula is C10H7ClN2O4. The van der Waals surface area contributed by atoms with Crippen molar-refractivity contribution in [2.45, 2.75) is 5.88 Å². The maximum atomic E-state index is 11.4. The Balaban J connectivity index is 3.57. The van der Waals surface area contributed by atoms with Crippen LogP contribution in [0, 0.1) is 21.4 Å². The highest BCUT2D eigenvalue weighted by atomic mass is 35.5. The zero-order valence-corrected chi connectivity index (χ0v) is 9.52. The second-order valence-electron chi connectivity index (χ2n) is 3.03. The zero-order valence-electron chi connectivity index (χ0n) is 8.77. The Morgan fingerprint density at radius 2 is 2.29 bits per heavy atom. The summed E-state index contributed by atoms with van der Waals surface area (Å²) in [5.74, 6) is -0.812. The van der Waals surface area contributed by atoms with Crippen molar-refractivity contribution >= 4 is 23.3 Å². The number of rotatable bonds is 3. The molecule has 0 amide bonds. The molecule has 0 N–H and O–H groups in total. The minimum atomic E-state index is -0.809. The monoisotopic (exact) mass is 254 g/mol. The summed E-state index contributed by atoms with van der Waals surface area (Å²) < 4.78 is 4.46. The van der Waals surface area contributed by atoms with E-state index < -0.39 is 16.6 Å². The van der Waals surface area contributed by atoms with Gasteiger partial charge in [-0.15, -0.1) is 11.6 Å². The topological polar surface area (TPSA) is 93.2 Å². The molecule has 0 heterocycles. The second-order valence-corrected chi connectivity index (χ2v) is 3.30. The van der Waals surface area contributed by atoms with E-state index in [-0.39, 0.29) is 17.0 Å². The fourth-order valence-corrected chi connectivity index (χ4v) is 1.45. The average Bonchev–Trinajstić information content (AvgIpc) is 2.35. The normalized spacial score (nSPS) is 9.47. The lowest BCUT2D eigenvalue weighted by Crippen LogP contribution is -2.07. The standard InChI is InChI=1S/C10H7ClN2O4/c1-17-10(14)7-2-6(4-11)3-9(13(15)16)8(7)5-12/h2-3H,4H2,1H3. The first-order chi connectivity index (χ1) is 8.04. The van der Waals surface area contributed by atoms with E-state index in [1.807, 2.05) is 0 Å². The van der Waals surface area contributed by atoms with Gasteiger partial charge >= 0.3 is 5.97 Å². The maximum Gasteiger partial charge on any atom is 0.339 e. The average molecular weight is 255 g/mol. The van der Waals surface area contributed by atoms with E-state index in [2.05, 4.69) is 4.74 Å². The quantitative estimate of drug-likeness (QED) is 0.356. The first-order valence-corrected chi connectivity index (χ1v) is 4.94. The van der Waals surface area contributed by atoms with E-state index in [0.29, 0.717) is 5.56 Å². The number of methoxy groups -OCH3 is 1. The van der Waals surface area contributed by atoms with Crippen LogP contribution >= 0.6 is 11.6 Å². The number of carbonyl (C=O) groups excluding carboxylic acids is 1. The SMILES string of the molecule is COC(=O)c1cc(CCl)cc([N+](=O)[O-])c1C#N. The van der Waals surface area contributed by atoms with Crippen molar-refractivity contribution in [3.05, 3.63) is 38.9 Å². The van der Waals surface area contributed by atoms with Gasteiger partial charge in [0.15, 0.2) is 0 Å². The third kappa shape index (κ3) is 2.52. The highest BCUT2D eigenvalue weighted by Crippen LogP contribution is 2.25. The van der Waals surface area contributed by atoms with E-state index >= 15 is 0 Å². The van der Waals surface area contributed by atoms with Gasteiger partial charge in [0.05, 0.1) is 17.6 Å². The molecule has 0 radical (unpaired) electrons. The Labute approximate surface area is 102 Å². The minimum absolute atomic E-state index is 0.00343. The van der Waals surface area contributed by atoms with Gasteiger partial charge in [0.1, 0.15) is 11.6 Å². The van der Waals surface area contributed by atoms with Crippen LogP contribution in [0.5, 0.6) is 0 Å². The van der Waals surface area contributed by atoms with Crippen LogP contribution in [0.25, 0.3) is 0 Å². The summed E-state index contributed by atoms with van der Waals surface area (Å²) in [4.78, 5) is 21.4. The molecule has 0 aliphatic rings. The van der Waals surface area contributed by atoms with Crippen LogP contribution in [-0.4, -0.2) is 18.0 Å². The lowest BCUT2D eigenvalue weighted by atomic mass is 10.0. The lowest BCUT2D eigenvalue weighted by Gasteiger charge is -2.05. The third-order valence-corrected chi connectivity index (χ3v) is 2.35. The molecule has 17 heavy (non-hydrogen) atoms. The largest absolute Gasteiger partial charge is 0.465 e. The van der Waals surface area contributed by atoms with Crippen molar-refractivity contribution in [1.82, 2.24) is 0 Å². The number of esters is 1. The molecule has 1 aromatic carbocycles. The summed E-state index contributed by atoms with van der Waals surface area (Å²) in [6.07, 6.45) is 0. The number of nitro benzene ring substituents is 1. The first-order valence-electron chi connectivity index (χ1n) is 4.40. The maximum absolute atomic E-state index is 11.4. The fourth-order valence-electron chi connectivity index (χ4n) is 1.29. The van der Waals surface area contributed by atoms with Crippen LogP contribution in [0.15, 0.2) is 12.1 Å². The molecule has 1 rings (SSSR count). The lowest BCUT2D eigenvalue weighted by molar-refractivity contribution is -0.385. The molecule has 0 aliphatic carbocycles. The molecule has 6 nitrogen and oxygen atoms in total. The third-order valence-electron chi connectivity index (χ3n) is 2.05. The van der Waals surface area contributed by atoms with E-state index in [1.54, 1.807) is 6.07 Å². The summed E-state index contributed by atoms with van der Waals surface area (Å²) >= 11 is 5.56. The molecule has 7 heteroatoms. The van der Waals surface area contributed by atoms with Crippen molar-refractivity contribution in [1.29, 1.82) is 5.26 Å². The van der Waals surface area contributed by atoms with Crippen LogP contribution < -0.4 is 0 Å². The van der Waals surface area contributed by atoms with E-state index in [1.165, 1.54) is 6.07 Å². The number of nitriles is 1. The van der Waals surface area contributed by atoms with Gasteiger partial charge in [-0.05, 0) is 11.6 Å². The molecule has 1 aromatic rings. The Morgan fingerprint density at radius 3 is 2.71 bits per heavy atom. The number of hydrogen-bond acceptors (Lipinski definition) is 5. The highest BCUT2D eigenvalue weighted by Gasteiger charge is 2.23. The van der Waals surface area contributed by atoms with Gasteiger partial charge in [-0.1, -0.05) is 0 Å². The molecule has 0 bridgehead atoms. The number of halogens is 1. The van der Waals surface area contributed by atoms with Gasteiger partial charge in [-0.2, -0.15) is 5.26 Å². The zero-order chi connectivity index (χ0) is 13.0. The summed E-state index contributed by atoms with van der Waals surface area (Å²) in [5.41, 5.74) is -0.556. The molecule has 0 atom stereocenters. The Kier molecular flexibility index (Phi) is 4.01. The van der Waals surface area contributed by atoms with Crippen molar-refractivity contribution < 1.29 is 14.5 Å². The van der Waals surface area contributed by atoms with Crippen LogP contribution in [-0.2, 0) is 10.6 Å². The predicted molar refractivity (Wildman–Crippen MR) is 58.7 cm³/mol. The van der Waals surface area contributed by atoms with Crippen LogP contribution in [0.1, 0.15) is 21.5 Å². The van der Waals surface area contributed by atoms with Crippen LogP contribution in [0.2, 0.25) is 0 Å². The van der Waals surface area contributed by atoms with E-state index in [4.69, 9.17) is 16.9 Å². The number of ether oxygens (including phenoxy) is 1. The smallest absolute Gasteiger partial charge is 0.339 e. The molecule has 0 fully saturated rings. The first kappa shape index (κ1) is 12.9. The number of alkyl halides is 1. The van der Waals surface area contributed by atoms with Gasteiger partial charge in [0, 0.05) is 11.9 Å². The summed E-state index contributed by atoms with van der Waals surface area (Å²) in [6.45, 7) is 0. The van der Waals surface area contributed by atoms with E-state index in [9.17, 15) is 14.9 Å². The molecular weight excluding hydrogens is 248 g/mol. The van der Waals surface area contributed by atoms with E-state index in [0.717, 1.165) is 13.2 Å². The highest BCUT2D eigenvalue weighted by molar-refractivity contribution is 6.17. The molecule has 0 saturated carbocycles. The number of hydrogen-bond donors (Lipinski definition) is 0. The summed E-state index contributed by atoms with van der Waals surface area (Å²) in [5, 5.41) is 19.6. The van der Waals surface area contributed by atoms with Gasteiger partial charge in [-0.25, -0.2) is 4.79 Å². The Bertz CT molecular complexity index is 522. The molecule has 0 spiro atoms. The Morgan fingerprint density at radius 1 is 1.65 bits per heavy atom.